The van der Waals surface area contributed by atoms with Crippen molar-refractivity contribution in [3.63, 3.8) is 0 Å². The molecule has 122 valence electrons. The fourth-order valence-electron chi connectivity index (χ4n) is 2.38. The fourth-order valence-corrected chi connectivity index (χ4v) is 2.61. The maximum Gasteiger partial charge on any atom is 0.305 e. The minimum Gasteiger partial charge on any atom is -0.430 e. The van der Waals surface area contributed by atoms with Gasteiger partial charge in [0.15, 0.2) is 0 Å². The smallest absolute Gasteiger partial charge is 0.305 e. The number of fused-ring (bicyclic) bond motifs is 1. The van der Waals surface area contributed by atoms with Crippen molar-refractivity contribution in [1.29, 1.82) is 0 Å². The van der Waals surface area contributed by atoms with Crippen LogP contribution in [0.5, 0.6) is 0 Å². The average Bonchev–Trinajstić information content (AvgIpc) is 2.66. The molecule has 5 nitrogen and oxygen atoms in total. The summed E-state index contributed by atoms with van der Waals surface area (Å²) in [4.78, 5) is 27.7. The molecule has 0 saturated heterocycles. The molecule has 7 heteroatoms. The molecule has 1 atom stereocenters. The predicted molar refractivity (Wildman–Crippen MR) is 87.7 cm³/mol. The lowest BCUT2D eigenvalue weighted by Crippen LogP contribution is -2.29. The zero-order chi connectivity index (χ0) is 17.3. The number of nitrogens with zero attached hydrogens (tertiary/aromatic N) is 1. The fraction of sp³-hybridized carbons (Fsp3) is 0.118. The summed E-state index contributed by atoms with van der Waals surface area (Å²) in [6.45, 7) is 1.16. The van der Waals surface area contributed by atoms with Crippen LogP contribution in [0.3, 0.4) is 0 Å². The van der Waals surface area contributed by atoms with Crippen LogP contribution < -0.4 is 5.32 Å². The second kappa shape index (κ2) is 6.41. The number of carbonyl (C=O) groups is 2. The number of hydrogen-bond acceptors (Lipinski definition) is 4. The van der Waals surface area contributed by atoms with Crippen LogP contribution in [0.4, 0.5) is 10.1 Å². The second-order valence-corrected chi connectivity index (χ2v) is 5.48. The standard InChI is InChI=1S/C17H12ClFN2O3/c1-9(22)24-17-16(23)20-15-11(6-4-7-12(15)18)14(21-17)10-5-2-3-8-13(10)19/h2-8,17H,1H3,(H,20,23)/t17-/m0/s1. The van der Waals surface area contributed by atoms with E-state index in [1.54, 1.807) is 30.3 Å². The van der Waals surface area contributed by atoms with Crippen molar-refractivity contribution >= 4 is 34.9 Å². The third kappa shape index (κ3) is 3.00. The molecule has 1 amide bonds. The highest BCUT2D eigenvalue weighted by Gasteiger charge is 2.29. The Morgan fingerprint density at radius 1 is 1.21 bits per heavy atom. The first kappa shape index (κ1) is 16.1. The monoisotopic (exact) mass is 346 g/mol. The molecule has 0 spiro atoms. The zero-order valence-corrected chi connectivity index (χ0v) is 13.3. The molecule has 0 radical (unpaired) electrons. The third-order valence-corrected chi connectivity index (χ3v) is 3.71. The average molecular weight is 347 g/mol. The summed E-state index contributed by atoms with van der Waals surface area (Å²) in [5.41, 5.74) is 1.08. The molecule has 24 heavy (non-hydrogen) atoms. The van der Waals surface area contributed by atoms with Gasteiger partial charge in [0, 0.05) is 18.1 Å². The van der Waals surface area contributed by atoms with Crippen molar-refractivity contribution in [3.05, 3.63) is 64.4 Å². The molecule has 2 aromatic carbocycles. The van der Waals surface area contributed by atoms with E-state index in [0.29, 0.717) is 11.3 Å². The molecule has 1 heterocycles. The first-order chi connectivity index (χ1) is 11.5. The van der Waals surface area contributed by atoms with Crippen LogP contribution in [0.2, 0.25) is 5.02 Å². The normalized spacial score (nSPS) is 16.5. The van der Waals surface area contributed by atoms with Crippen LogP contribution >= 0.6 is 11.6 Å². The van der Waals surface area contributed by atoms with Gasteiger partial charge in [-0.05, 0) is 18.2 Å². The van der Waals surface area contributed by atoms with Crippen LogP contribution in [-0.4, -0.2) is 23.8 Å². The lowest BCUT2D eigenvalue weighted by Gasteiger charge is -2.11. The van der Waals surface area contributed by atoms with Crippen LogP contribution in [0, 0.1) is 5.82 Å². The van der Waals surface area contributed by atoms with Crippen LogP contribution in [-0.2, 0) is 14.3 Å². The molecule has 2 aromatic rings. The Balaban J connectivity index is 2.24. The maximum atomic E-state index is 14.3. The van der Waals surface area contributed by atoms with Gasteiger partial charge >= 0.3 is 5.97 Å². The summed E-state index contributed by atoms with van der Waals surface area (Å²) in [5, 5.41) is 2.85. The van der Waals surface area contributed by atoms with Gasteiger partial charge < -0.3 is 10.1 Å². The summed E-state index contributed by atoms with van der Waals surface area (Å²) >= 11 is 6.15. The van der Waals surface area contributed by atoms with E-state index in [-0.39, 0.29) is 16.3 Å². The molecule has 1 aliphatic heterocycles. The lowest BCUT2D eigenvalue weighted by molar-refractivity contribution is -0.151. The number of rotatable bonds is 2. The topological polar surface area (TPSA) is 67.8 Å². The molecule has 0 bridgehead atoms. The van der Waals surface area contributed by atoms with E-state index in [9.17, 15) is 14.0 Å². The van der Waals surface area contributed by atoms with Crippen LogP contribution in [0.25, 0.3) is 0 Å². The van der Waals surface area contributed by atoms with Gasteiger partial charge in [-0.25, -0.2) is 9.38 Å². The Labute approximate surface area is 142 Å². The number of halogens is 2. The highest BCUT2D eigenvalue weighted by molar-refractivity contribution is 6.36. The van der Waals surface area contributed by atoms with E-state index in [1.807, 2.05) is 0 Å². The van der Waals surface area contributed by atoms with Gasteiger partial charge in [-0.3, -0.25) is 9.59 Å². The lowest BCUT2D eigenvalue weighted by atomic mass is 10.00. The number of nitrogens with one attached hydrogen (secondary N) is 1. The summed E-state index contributed by atoms with van der Waals surface area (Å²) in [6, 6.07) is 10.9. The molecular formula is C17H12ClFN2O3. The number of carbonyl (C=O) groups excluding carboxylic acids is 2. The first-order valence-corrected chi connectivity index (χ1v) is 7.45. The number of anilines is 1. The molecule has 1 N–H and O–H groups in total. The quantitative estimate of drug-likeness (QED) is 0.849. The van der Waals surface area contributed by atoms with E-state index >= 15 is 0 Å². The molecule has 0 fully saturated rings. The van der Waals surface area contributed by atoms with Gasteiger partial charge in [0.05, 0.1) is 16.4 Å². The maximum absolute atomic E-state index is 14.3. The van der Waals surface area contributed by atoms with Crippen molar-refractivity contribution in [2.24, 2.45) is 4.99 Å². The Bertz CT molecular complexity index is 867. The second-order valence-electron chi connectivity index (χ2n) is 5.07. The Kier molecular flexibility index (Phi) is 4.31. The van der Waals surface area contributed by atoms with Crippen LogP contribution in [0.1, 0.15) is 18.1 Å². The van der Waals surface area contributed by atoms with Gasteiger partial charge in [-0.15, -0.1) is 0 Å². The van der Waals surface area contributed by atoms with Gasteiger partial charge in [-0.2, -0.15) is 0 Å². The van der Waals surface area contributed by atoms with Crippen molar-refractivity contribution in [3.8, 4) is 0 Å². The molecule has 0 aliphatic carbocycles. The molecule has 0 unspecified atom stereocenters. The van der Waals surface area contributed by atoms with Gasteiger partial charge in [0.2, 0.25) is 0 Å². The minimum atomic E-state index is -1.43. The number of aliphatic imine (C=N–C) groups is 1. The van der Waals surface area contributed by atoms with Crippen molar-refractivity contribution < 1.29 is 18.7 Å². The number of esters is 1. The molecule has 0 aromatic heterocycles. The van der Waals surface area contributed by atoms with E-state index in [2.05, 4.69) is 10.3 Å². The van der Waals surface area contributed by atoms with Crippen molar-refractivity contribution in [2.45, 2.75) is 13.2 Å². The number of hydrogen-bond donors (Lipinski definition) is 1. The number of amides is 1. The summed E-state index contributed by atoms with van der Waals surface area (Å²) < 4.78 is 19.2. The molecule has 3 rings (SSSR count). The summed E-state index contributed by atoms with van der Waals surface area (Å²) in [5.74, 6) is -1.85. The molecule has 0 saturated carbocycles. The SMILES string of the molecule is CC(=O)O[C@@H]1N=C(c2ccccc2F)c2cccc(Cl)c2NC1=O. The van der Waals surface area contributed by atoms with E-state index in [4.69, 9.17) is 16.3 Å². The van der Waals surface area contributed by atoms with Crippen LogP contribution in [0.15, 0.2) is 47.5 Å². The Morgan fingerprint density at radius 2 is 1.92 bits per heavy atom. The predicted octanol–water partition coefficient (Wildman–Crippen LogP) is 3.16. The Hall–Kier alpha value is -2.73. The Morgan fingerprint density at radius 3 is 2.62 bits per heavy atom. The summed E-state index contributed by atoms with van der Waals surface area (Å²) in [6.07, 6.45) is -1.43. The van der Waals surface area contributed by atoms with Gasteiger partial charge in [0.1, 0.15) is 5.82 Å². The number of para-hydroxylation sites is 1. The van der Waals surface area contributed by atoms with E-state index < -0.39 is 23.9 Å². The third-order valence-electron chi connectivity index (χ3n) is 3.39. The molecule has 1 aliphatic rings. The van der Waals surface area contributed by atoms with Crippen molar-refractivity contribution in [2.75, 3.05) is 5.32 Å². The summed E-state index contributed by atoms with van der Waals surface area (Å²) in [7, 11) is 0. The number of ether oxygens (including phenoxy) is 1. The van der Waals surface area contributed by atoms with Gasteiger partial charge in [-0.1, -0.05) is 35.9 Å². The largest absolute Gasteiger partial charge is 0.430 e. The number of benzene rings is 2. The van der Waals surface area contributed by atoms with E-state index in [1.165, 1.54) is 12.1 Å². The highest BCUT2D eigenvalue weighted by Crippen LogP contribution is 2.31. The van der Waals surface area contributed by atoms with Crippen molar-refractivity contribution in [1.82, 2.24) is 0 Å². The zero-order valence-electron chi connectivity index (χ0n) is 12.5. The van der Waals surface area contributed by atoms with Gasteiger partial charge in [0.25, 0.3) is 12.1 Å². The molecular weight excluding hydrogens is 335 g/mol. The van der Waals surface area contributed by atoms with E-state index in [0.717, 1.165) is 6.92 Å². The highest BCUT2D eigenvalue weighted by atomic mass is 35.5. The minimum absolute atomic E-state index is 0.176. The number of benzodiazepines with no additional fused rings is 1. The first-order valence-electron chi connectivity index (χ1n) is 7.07.